The van der Waals surface area contributed by atoms with Gasteiger partial charge in [-0.3, -0.25) is 0 Å². The van der Waals surface area contributed by atoms with Crippen LogP contribution in [0.4, 0.5) is 0 Å². The molecule has 3 rings (SSSR count). The van der Waals surface area contributed by atoms with Crippen molar-refractivity contribution in [1.82, 2.24) is 15.2 Å². The summed E-state index contributed by atoms with van der Waals surface area (Å²) in [6.45, 7) is 25.9. The highest BCUT2D eigenvalue weighted by molar-refractivity contribution is 7.48. The highest BCUT2D eigenvalue weighted by Gasteiger charge is 2.55. The molecule has 3 aliphatic rings. The lowest BCUT2D eigenvalue weighted by Gasteiger charge is -2.56. The Morgan fingerprint density at radius 3 is 0.771 bits per heavy atom. The van der Waals surface area contributed by atoms with Gasteiger partial charge in [0.15, 0.2) is 0 Å². The molecule has 3 fully saturated rings. The fraction of sp³-hybridized carbons (Fsp3) is 1.00. The van der Waals surface area contributed by atoms with Crippen molar-refractivity contribution < 1.29 is 18.4 Å². The highest BCUT2D eigenvalue weighted by atomic mass is 31.2. The average Bonchev–Trinajstić information content (AvgIpc) is 2.64. The molecular formula is C27H54N3O4P. The van der Waals surface area contributed by atoms with Gasteiger partial charge in [-0.05, 0) is 141 Å². The monoisotopic (exact) mass is 515 g/mol. The lowest BCUT2D eigenvalue weighted by molar-refractivity contribution is -0.303. The SMILES string of the molecule is CC1(C)CCCC(C)(C)N1OP(=O)(ON1C(C)(C)CCCC1(C)C)ON1C(C)(C)CCCC1(C)C. The standard InChI is InChI=1S/C27H54N3O4P/c1-22(2)16-13-17-23(3,4)28(22)32-35(31,33-29-24(5,6)18-14-19-25(29,7)8)34-30-26(9,10)20-15-21-27(30,11)12/h13-21H2,1-12H3. The van der Waals surface area contributed by atoms with Gasteiger partial charge in [-0.25, -0.2) is 4.57 Å². The summed E-state index contributed by atoms with van der Waals surface area (Å²) in [7, 11) is -4.13. The smallest absolute Gasteiger partial charge is 0.223 e. The van der Waals surface area contributed by atoms with Gasteiger partial charge in [-0.1, -0.05) is 0 Å². The number of piperidine rings is 3. The molecule has 206 valence electrons. The summed E-state index contributed by atoms with van der Waals surface area (Å²) in [5, 5.41) is 5.74. The zero-order valence-corrected chi connectivity index (χ0v) is 25.7. The van der Waals surface area contributed by atoms with Crippen molar-refractivity contribution in [3.05, 3.63) is 0 Å². The van der Waals surface area contributed by atoms with Gasteiger partial charge >= 0.3 is 7.82 Å². The van der Waals surface area contributed by atoms with Crippen molar-refractivity contribution in [2.24, 2.45) is 0 Å². The number of hydrogen-bond donors (Lipinski definition) is 0. The Labute approximate surface area is 215 Å². The van der Waals surface area contributed by atoms with Gasteiger partial charge in [0, 0.05) is 33.2 Å². The summed E-state index contributed by atoms with van der Waals surface area (Å²) in [5.41, 5.74) is -1.81. The first-order valence-electron chi connectivity index (χ1n) is 13.7. The summed E-state index contributed by atoms with van der Waals surface area (Å²) in [6.07, 6.45) is 9.04. The second-order valence-electron chi connectivity index (χ2n) is 15.0. The van der Waals surface area contributed by atoms with Gasteiger partial charge in [0.05, 0.1) is 0 Å². The zero-order chi connectivity index (χ0) is 26.7. The third kappa shape index (κ3) is 6.19. The third-order valence-electron chi connectivity index (χ3n) is 8.58. The van der Waals surface area contributed by atoms with Crippen LogP contribution in [-0.2, 0) is 18.4 Å². The van der Waals surface area contributed by atoms with Crippen LogP contribution in [0.2, 0.25) is 0 Å². The fourth-order valence-corrected chi connectivity index (χ4v) is 8.95. The quantitative estimate of drug-likeness (QED) is 0.332. The van der Waals surface area contributed by atoms with E-state index in [1.54, 1.807) is 0 Å². The van der Waals surface area contributed by atoms with Crippen LogP contribution < -0.4 is 0 Å². The average molecular weight is 516 g/mol. The summed E-state index contributed by atoms with van der Waals surface area (Å²) in [6, 6.07) is 0. The van der Waals surface area contributed by atoms with Gasteiger partial charge in [0.2, 0.25) is 0 Å². The lowest BCUT2D eigenvalue weighted by atomic mass is 9.82. The van der Waals surface area contributed by atoms with E-state index in [1.807, 2.05) is 15.2 Å². The van der Waals surface area contributed by atoms with Gasteiger partial charge < -0.3 is 0 Å². The number of rotatable bonds is 6. The van der Waals surface area contributed by atoms with E-state index in [2.05, 4.69) is 83.1 Å². The molecule has 35 heavy (non-hydrogen) atoms. The minimum Gasteiger partial charge on any atom is -0.223 e. The lowest BCUT2D eigenvalue weighted by Crippen LogP contribution is -2.61. The molecule has 0 aromatic carbocycles. The molecule has 0 saturated carbocycles. The molecule has 0 aliphatic carbocycles. The van der Waals surface area contributed by atoms with Gasteiger partial charge in [0.1, 0.15) is 0 Å². The van der Waals surface area contributed by atoms with Crippen LogP contribution >= 0.6 is 7.82 Å². The highest BCUT2D eigenvalue weighted by Crippen LogP contribution is 2.60. The van der Waals surface area contributed by atoms with Crippen LogP contribution in [-0.4, -0.2) is 48.4 Å². The van der Waals surface area contributed by atoms with Crippen molar-refractivity contribution >= 4 is 7.82 Å². The molecule has 3 saturated heterocycles. The number of nitrogens with zero attached hydrogens (tertiary/aromatic N) is 3. The van der Waals surface area contributed by atoms with E-state index < -0.39 is 7.82 Å². The third-order valence-corrected chi connectivity index (χ3v) is 9.67. The molecule has 0 atom stereocenters. The molecule has 8 heteroatoms. The molecule has 0 spiro atoms. The van der Waals surface area contributed by atoms with Crippen molar-refractivity contribution in [2.45, 2.75) is 174 Å². The van der Waals surface area contributed by atoms with Crippen molar-refractivity contribution in [3.8, 4) is 0 Å². The normalized spacial score (nSPS) is 30.7. The molecule has 0 aromatic rings. The van der Waals surface area contributed by atoms with Crippen molar-refractivity contribution in [2.75, 3.05) is 0 Å². The summed E-state index contributed by atoms with van der Waals surface area (Å²) in [4.78, 5) is 0. The van der Waals surface area contributed by atoms with Gasteiger partial charge in [0.25, 0.3) is 0 Å². The van der Waals surface area contributed by atoms with Crippen LogP contribution in [0.1, 0.15) is 141 Å². The predicted molar refractivity (Wildman–Crippen MR) is 142 cm³/mol. The van der Waals surface area contributed by atoms with Crippen LogP contribution in [0.25, 0.3) is 0 Å². The van der Waals surface area contributed by atoms with Crippen LogP contribution in [0.3, 0.4) is 0 Å². The Morgan fingerprint density at radius 2 is 0.600 bits per heavy atom. The van der Waals surface area contributed by atoms with Crippen LogP contribution in [0.15, 0.2) is 0 Å². The maximum absolute atomic E-state index is 15.0. The maximum atomic E-state index is 15.0. The largest absolute Gasteiger partial charge is 0.525 e. The number of hydrogen-bond acceptors (Lipinski definition) is 7. The fourth-order valence-electron chi connectivity index (χ4n) is 6.94. The van der Waals surface area contributed by atoms with E-state index >= 15 is 0 Å². The summed E-state index contributed by atoms with van der Waals surface area (Å²) < 4.78 is 34.6. The summed E-state index contributed by atoms with van der Waals surface area (Å²) in [5.74, 6) is 0. The number of hydroxylamine groups is 6. The molecular weight excluding hydrogens is 461 g/mol. The first kappa shape index (κ1) is 29.5. The minimum atomic E-state index is -4.13. The molecule has 3 aliphatic heterocycles. The van der Waals surface area contributed by atoms with Gasteiger partial charge in [-0.2, -0.15) is 29.1 Å². The van der Waals surface area contributed by atoms with Crippen LogP contribution in [0, 0.1) is 0 Å². The Morgan fingerprint density at radius 1 is 0.429 bits per heavy atom. The second kappa shape index (κ2) is 9.32. The Balaban J connectivity index is 2.05. The zero-order valence-electron chi connectivity index (χ0n) is 24.8. The van der Waals surface area contributed by atoms with Crippen LogP contribution in [0.5, 0.6) is 0 Å². The predicted octanol–water partition coefficient (Wildman–Crippen LogP) is 8.02. The molecule has 3 heterocycles. The first-order valence-corrected chi connectivity index (χ1v) is 15.2. The number of phosphoric acid groups is 1. The van der Waals surface area contributed by atoms with Gasteiger partial charge in [-0.15, -0.1) is 0 Å². The van der Waals surface area contributed by atoms with E-state index in [1.165, 1.54) is 0 Å². The van der Waals surface area contributed by atoms with E-state index in [0.717, 1.165) is 57.8 Å². The Bertz CT molecular complexity index is 669. The molecule has 0 bridgehead atoms. The first-order chi connectivity index (χ1) is 15.6. The second-order valence-corrected chi connectivity index (χ2v) is 16.4. The molecule has 0 N–H and O–H groups in total. The topological polar surface area (TPSA) is 54.5 Å². The Hall–Kier alpha value is -0.0100. The van der Waals surface area contributed by atoms with Crippen molar-refractivity contribution in [1.29, 1.82) is 0 Å². The van der Waals surface area contributed by atoms with Crippen molar-refractivity contribution in [3.63, 3.8) is 0 Å². The van der Waals surface area contributed by atoms with E-state index in [4.69, 9.17) is 13.9 Å². The molecule has 0 aromatic heterocycles. The minimum absolute atomic E-state index is 0.302. The van der Waals surface area contributed by atoms with E-state index in [-0.39, 0.29) is 33.2 Å². The molecule has 0 amide bonds. The molecule has 0 radical (unpaired) electrons. The molecule has 0 unspecified atom stereocenters. The summed E-state index contributed by atoms with van der Waals surface area (Å²) >= 11 is 0. The molecule has 7 nitrogen and oxygen atoms in total. The maximum Gasteiger partial charge on any atom is 0.525 e. The van der Waals surface area contributed by atoms with E-state index in [9.17, 15) is 4.57 Å². The Kier molecular flexibility index (Phi) is 7.87. The van der Waals surface area contributed by atoms with E-state index in [0.29, 0.717) is 0 Å².